The molecule has 3 aromatic rings. The smallest absolute Gasteiger partial charge is 0.238 e. The standard InChI is InChI=1S/C17H15N5O3S/c1-9-13-7-10(5-6-11(13)8-14(9)23)12-3-2-4-15(26(18,24)25)16(12)17-19-21-22-20-17/h2-7,9H,8H2,1H3,(H2,18,24,25)(H,19,20,21,22). The number of nitrogens with one attached hydrogen (secondary N) is 1. The maximum atomic E-state index is 12.1. The summed E-state index contributed by atoms with van der Waals surface area (Å²) in [6, 6.07) is 10.5. The summed E-state index contributed by atoms with van der Waals surface area (Å²) in [5.41, 5.74) is 3.59. The molecule has 8 nitrogen and oxygen atoms in total. The number of hydrogen-bond donors (Lipinski definition) is 2. The number of carbonyl (C=O) groups is 1. The monoisotopic (exact) mass is 369 g/mol. The third kappa shape index (κ3) is 2.61. The lowest BCUT2D eigenvalue weighted by molar-refractivity contribution is -0.118. The number of fused-ring (bicyclic) bond motifs is 1. The molecule has 132 valence electrons. The van der Waals surface area contributed by atoms with E-state index >= 15 is 0 Å². The Balaban J connectivity index is 1.98. The number of aromatic amines is 1. The average Bonchev–Trinajstić information content (AvgIpc) is 3.22. The Morgan fingerprint density at radius 2 is 2.04 bits per heavy atom. The van der Waals surface area contributed by atoms with E-state index in [1.165, 1.54) is 6.07 Å². The Morgan fingerprint density at radius 3 is 2.73 bits per heavy atom. The lowest BCUT2D eigenvalue weighted by Crippen LogP contribution is -2.14. The highest BCUT2D eigenvalue weighted by Crippen LogP contribution is 2.38. The molecule has 3 N–H and O–H groups in total. The van der Waals surface area contributed by atoms with Gasteiger partial charge in [0.15, 0.2) is 0 Å². The molecule has 4 rings (SSSR count). The first-order valence-corrected chi connectivity index (χ1v) is 9.46. The van der Waals surface area contributed by atoms with E-state index in [2.05, 4.69) is 20.6 Å². The zero-order valence-electron chi connectivity index (χ0n) is 13.8. The molecule has 0 saturated carbocycles. The Hall–Kier alpha value is -2.91. The lowest BCUT2D eigenvalue weighted by atomic mass is 9.94. The van der Waals surface area contributed by atoms with Gasteiger partial charge < -0.3 is 0 Å². The third-order valence-corrected chi connectivity index (χ3v) is 5.63. The Bertz CT molecular complexity index is 1120. The van der Waals surface area contributed by atoms with Crippen molar-refractivity contribution in [3.05, 3.63) is 47.5 Å². The molecule has 2 aromatic carbocycles. The van der Waals surface area contributed by atoms with Gasteiger partial charge in [0.25, 0.3) is 0 Å². The molecule has 1 aromatic heterocycles. The maximum Gasteiger partial charge on any atom is 0.238 e. The van der Waals surface area contributed by atoms with Crippen molar-refractivity contribution in [2.24, 2.45) is 5.14 Å². The Labute approximate surface area is 149 Å². The van der Waals surface area contributed by atoms with Gasteiger partial charge in [0.2, 0.25) is 15.8 Å². The minimum Gasteiger partial charge on any atom is -0.299 e. The van der Waals surface area contributed by atoms with Crippen LogP contribution in [-0.4, -0.2) is 34.8 Å². The zero-order chi connectivity index (χ0) is 18.5. The van der Waals surface area contributed by atoms with Crippen LogP contribution in [0.15, 0.2) is 41.3 Å². The number of nitrogens with zero attached hydrogens (tertiary/aromatic N) is 3. The highest BCUT2D eigenvalue weighted by molar-refractivity contribution is 7.89. The van der Waals surface area contributed by atoms with Crippen molar-refractivity contribution in [2.75, 3.05) is 0 Å². The molecule has 9 heteroatoms. The van der Waals surface area contributed by atoms with E-state index < -0.39 is 10.0 Å². The maximum absolute atomic E-state index is 12.1. The summed E-state index contributed by atoms with van der Waals surface area (Å²) in [6.07, 6.45) is 0.422. The second-order valence-corrected chi connectivity index (χ2v) is 7.77. The molecule has 0 amide bonds. The summed E-state index contributed by atoms with van der Waals surface area (Å²) in [7, 11) is -4.00. The van der Waals surface area contributed by atoms with Gasteiger partial charge in [-0.05, 0) is 33.5 Å². The molecule has 0 bridgehead atoms. The van der Waals surface area contributed by atoms with Crippen molar-refractivity contribution in [1.82, 2.24) is 20.6 Å². The number of Topliss-reactive ketones (excluding diaryl/α,β-unsaturated/α-hetero) is 1. The van der Waals surface area contributed by atoms with Crippen LogP contribution < -0.4 is 5.14 Å². The number of primary sulfonamides is 1. The number of carbonyl (C=O) groups excluding carboxylic acids is 1. The minimum atomic E-state index is -4.00. The van der Waals surface area contributed by atoms with Gasteiger partial charge in [-0.25, -0.2) is 13.6 Å². The molecule has 1 atom stereocenters. The van der Waals surface area contributed by atoms with Crippen LogP contribution in [0.2, 0.25) is 0 Å². The van der Waals surface area contributed by atoms with Crippen LogP contribution in [0.3, 0.4) is 0 Å². The molecule has 0 saturated heterocycles. The van der Waals surface area contributed by atoms with Crippen molar-refractivity contribution < 1.29 is 13.2 Å². The largest absolute Gasteiger partial charge is 0.299 e. The van der Waals surface area contributed by atoms with E-state index in [0.717, 1.165) is 16.7 Å². The SMILES string of the molecule is CC1C(=O)Cc2ccc(-c3cccc(S(N)(=O)=O)c3-c3nn[nH]n3)cc21. The minimum absolute atomic E-state index is 0.0824. The second-order valence-electron chi connectivity index (χ2n) is 6.24. The first-order chi connectivity index (χ1) is 12.4. The third-order valence-electron chi connectivity index (χ3n) is 4.67. The van der Waals surface area contributed by atoms with Gasteiger partial charge in [-0.2, -0.15) is 5.21 Å². The highest BCUT2D eigenvalue weighted by Gasteiger charge is 2.28. The second kappa shape index (κ2) is 5.82. The van der Waals surface area contributed by atoms with Crippen molar-refractivity contribution in [1.29, 1.82) is 0 Å². The lowest BCUT2D eigenvalue weighted by Gasteiger charge is -2.13. The van der Waals surface area contributed by atoms with Crippen molar-refractivity contribution in [2.45, 2.75) is 24.2 Å². The van der Waals surface area contributed by atoms with Crippen LogP contribution in [0, 0.1) is 0 Å². The summed E-state index contributed by atoms with van der Waals surface area (Å²) in [4.78, 5) is 11.9. The van der Waals surface area contributed by atoms with Gasteiger partial charge in [0, 0.05) is 12.3 Å². The molecule has 0 aliphatic heterocycles. The summed E-state index contributed by atoms with van der Waals surface area (Å²) in [5.74, 6) is 0.128. The zero-order valence-corrected chi connectivity index (χ0v) is 14.6. The van der Waals surface area contributed by atoms with Crippen LogP contribution in [0.4, 0.5) is 0 Å². The quantitative estimate of drug-likeness (QED) is 0.717. The normalized spacial score (nSPS) is 16.7. The van der Waals surface area contributed by atoms with Crippen LogP contribution in [-0.2, 0) is 21.2 Å². The fraction of sp³-hybridized carbons (Fsp3) is 0.176. The van der Waals surface area contributed by atoms with Gasteiger partial charge in [-0.3, -0.25) is 4.79 Å². The number of ketones is 1. The van der Waals surface area contributed by atoms with E-state index in [-0.39, 0.29) is 28.0 Å². The first-order valence-electron chi connectivity index (χ1n) is 7.92. The Kier molecular flexibility index (Phi) is 3.70. The fourth-order valence-electron chi connectivity index (χ4n) is 3.35. The number of benzene rings is 2. The van der Waals surface area contributed by atoms with E-state index in [0.29, 0.717) is 12.0 Å². The van der Waals surface area contributed by atoms with Crippen molar-refractivity contribution in [3.63, 3.8) is 0 Å². The molecule has 1 aliphatic rings. The van der Waals surface area contributed by atoms with Crippen molar-refractivity contribution >= 4 is 15.8 Å². The van der Waals surface area contributed by atoms with Crippen LogP contribution in [0.5, 0.6) is 0 Å². The number of sulfonamides is 1. The summed E-state index contributed by atoms with van der Waals surface area (Å²) < 4.78 is 24.1. The number of aromatic nitrogens is 4. The number of nitrogens with two attached hydrogens (primary N) is 1. The van der Waals surface area contributed by atoms with E-state index in [1.807, 2.05) is 25.1 Å². The van der Waals surface area contributed by atoms with E-state index in [1.54, 1.807) is 12.1 Å². The van der Waals surface area contributed by atoms with Gasteiger partial charge in [0.05, 0.1) is 10.5 Å². The molecule has 1 heterocycles. The molecular weight excluding hydrogens is 354 g/mol. The fourth-order valence-corrected chi connectivity index (χ4v) is 4.10. The first kappa shape index (κ1) is 16.6. The molecule has 1 unspecified atom stereocenters. The molecule has 0 spiro atoms. The highest BCUT2D eigenvalue weighted by atomic mass is 32.2. The molecular formula is C17H15N5O3S. The van der Waals surface area contributed by atoms with Gasteiger partial charge in [-0.1, -0.05) is 37.3 Å². The topological polar surface area (TPSA) is 132 Å². The van der Waals surface area contributed by atoms with Gasteiger partial charge in [-0.15, -0.1) is 10.2 Å². The molecule has 26 heavy (non-hydrogen) atoms. The van der Waals surface area contributed by atoms with Gasteiger partial charge in [0.1, 0.15) is 5.78 Å². The number of rotatable bonds is 3. The summed E-state index contributed by atoms with van der Waals surface area (Å²) in [6.45, 7) is 1.87. The molecule has 0 fully saturated rings. The van der Waals surface area contributed by atoms with Gasteiger partial charge >= 0.3 is 0 Å². The summed E-state index contributed by atoms with van der Waals surface area (Å²) in [5, 5.41) is 19.1. The van der Waals surface area contributed by atoms with Crippen LogP contribution in [0.1, 0.15) is 24.0 Å². The number of H-pyrrole nitrogens is 1. The average molecular weight is 369 g/mol. The predicted octanol–water partition coefficient (Wildman–Crippen LogP) is 1.41. The Morgan fingerprint density at radius 1 is 1.23 bits per heavy atom. The van der Waals surface area contributed by atoms with Crippen LogP contribution in [0.25, 0.3) is 22.5 Å². The predicted molar refractivity (Wildman–Crippen MR) is 93.5 cm³/mol. The van der Waals surface area contributed by atoms with Crippen molar-refractivity contribution in [3.8, 4) is 22.5 Å². The number of tetrazole rings is 1. The molecule has 1 aliphatic carbocycles. The van der Waals surface area contributed by atoms with E-state index in [9.17, 15) is 13.2 Å². The molecule has 0 radical (unpaired) electrons. The summed E-state index contributed by atoms with van der Waals surface area (Å²) >= 11 is 0. The van der Waals surface area contributed by atoms with E-state index in [4.69, 9.17) is 5.14 Å². The number of hydrogen-bond acceptors (Lipinski definition) is 6. The van der Waals surface area contributed by atoms with Crippen LogP contribution >= 0.6 is 0 Å².